The third kappa shape index (κ3) is 10.3. The van der Waals surface area contributed by atoms with E-state index >= 15 is 0 Å². The number of carbonyl (C=O) groups is 2. The Kier molecular flexibility index (Phi) is 14.7. The number of ether oxygens (including phenoxy) is 3. The van der Waals surface area contributed by atoms with E-state index in [-0.39, 0.29) is 59.2 Å². The summed E-state index contributed by atoms with van der Waals surface area (Å²) in [5, 5.41) is 14.7. The van der Waals surface area contributed by atoms with Crippen molar-refractivity contribution in [3.63, 3.8) is 0 Å². The molecule has 0 radical (unpaired) electrons. The van der Waals surface area contributed by atoms with Crippen LogP contribution >= 0.6 is 38.7 Å². The van der Waals surface area contributed by atoms with Crippen LogP contribution in [0.5, 0.6) is 0 Å². The summed E-state index contributed by atoms with van der Waals surface area (Å²) in [7, 11) is -8.11. The monoisotopic (exact) mass is 986 g/mol. The Morgan fingerprint density at radius 2 is 1.68 bits per heavy atom. The van der Waals surface area contributed by atoms with Crippen molar-refractivity contribution in [3.8, 4) is 6.07 Å². The number of fused-ring (bicyclic) bond motifs is 5. The van der Waals surface area contributed by atoms with Gasteiger partial charge in [0.15, 0.2) is 11.3 Å². The highest BCUT2D eigenvalue weighted by Gasteiger charge is 2.54. The third-order valence-electron chi connectivity index (χ3n) is 10.2. The normalized spacial score (nSPS) is 27.9. The topological polar surface area (TPSA) is 301 Å². The van der Waals surface area contributed by atoms with Crippen LogP contribution in [0.1, 0.15) is 59.0 Å². The first kappa shape index (κ1) is 47.5. The molecule has 28 heteroatoms. The van der Waals surface area contributed by atoms with Crippen LogP contribution in [0.4, 0.5) is 11.8 Å². The molecule has 4 aromatic heterocycles. The number of hydrogen-bond donors (Lipinski definition) is 3. The van der Waals surface area contributed by atoms with E-state index in [1.165, 1.54) is 13.4 Å². The van der Waals surface area contributed by atoms with Crippen molar-refractivity contribution >= 4 is 84.4 Å². The van der Waals surface area contributed by atoms with Gasteiger partial charge in [-0.3, -0.25) is 51.8 Å². The molecule has 348 valence electrons. The first-order valence-corrected chi connectivity index (χ1v) is 24.6. The van der Waals surface area contributed by atoms with Crippen molar-refractivity contribution in [2.75, 3.05) is 50.7 Å². The average molecular weight is 987 g/mol. The number of carbonyl (C=O) groups excluding carboxylic acids is 2. The summed E-state index contributed by atoms with van der Waals surface area (Å²) >= 11 is 1.82. The number of phosphoric ester groups is 2. The molecule has 2 amide bonds. The number of phosphoric acid groups is 2. The molecule has 1 aromatic carbocycles. The minimum Gasteiger partial charge on any atom is -0.376 e. The van der Waals surface area contributed by atoms with Gasteiger partial charge in [0.2, 0.25) is 18.4 Å². The van der Waals surface area contributed by atoms with Crippen LogP contribution in [-0.2, 0) is 55.3 Å². The second-order valence-electron chi connectivity index (χ2n) is 14.9. The predicted molar refractivity (Wildman–Crippen MR) is 232 cm³/mol. The van der Waals surface area contributed by atoms with E-state index in [2.05, 4.69) is 44.2 Å². The SMILES string of the molecule is [C-]#[N+]CCOP1(=O)OC[C@H]2O[C@@H](c3snc4c(=O)[nH]c(NC(=O)C(C)C)nc34)[C@H](OP(=O)(OCCC#N)OC[C@H]3O[C@@H](c4snc5c(NC(=O)c6ccccc6)ncnc45)C[C@@H]3O1)[C@@H]2OC. The maximum Gasteiger partial charge on any atom is 0.475 e. The number of nitriles is 1. The van der Waals surface area contributed by atoms with Gasteiger partial charge in [0, 0.05) is 25.0 Å². The van der Waals surface area contributed by atoms with E-state index in [0.717, 1.165) is 23.1 Å². The lowest BCUT2D eigenvalue weighted by molar-refractivity contribution is -0.118. The number of rotatable bonds is 13. The number of H-pyrrole nitrogens is 1. The molecular formula is C38H40N10O14P2S2. The number of anilines is 2. The van der Waals surface area contributed by atoms with Gasteiger partial charge in [-0.1, -0.05) is 32.0 Å². The molecule has 2 unspecified atom stereocenters. The van der Waals surface area contributed by atoms with Gasteiger partial charge in [0.05, 0.1) is 48.2 Å². The Morgan fingerprint density at radius 3 is 2.42 bits per heavy atom. The molecule has 0 saturated carbocycles. The smallest absolute Gasteiger partial charge is 0.376 e. The second kappa shape index (κ2) is 20.5. The van der Waals surface area contributed by atoms with Gasteiger partial charge in [-0.15, -0.1) is 0 Å². The largest absolute Gasteiger partial charge is 0.475 e. The number of methoxy groups -OCH3 is 1. The molecule has 3 aliphatic rings. The summed E-state index contributed by atoms with van der Waals surface area (Å²) in [6.07, 6.45) is -7.30. The van der Waals surface area contributed by atoms with Crippen LogP contribution in [0.25, 0.3) is 26.9 Å². The van der Waals surface area contributed by atoms with Gasteiger partial charge in [-0.05, 0) is 35.2 Å². The molecule has 0 aliphatic carbocycles. The number of aromatic amines is 1. The summed E-state index contributed by atoms with van der Waals surface area (Å²) in [5.41, 5.74) is 0.233. The highest BCUT2D eigenvalue weighted by atomic mass is 32.1. The molecular weight excluding hydrogens is 947 g/mol. The van der Waals surface area contributed by atoms with E-state index in [4.69, 9.17) is 47.9 Å². The lowest BCUT2D eigenvalue weighted by Gasteiger charge is -2.27. The molecule has 66 heavy (non-hydrogen) atoms. The molecule has 3 saturated heterocycles. The van der Waals surface area contributed by atoms with Crippen LogP contribution in [-0.4, -0.2) is 111 Å². The summed E-state index contributed by atoms with van der Waals surface area (Å²) in [5.74, 6) is -1.33. The number of hydrogen-bond acceptors (Lipinski definition) is 22. The lowest BCUT2D eigenvalue weighted by Crippen LogP contribution is -2.36. The standard InChI is InChI=1S/C38H40N10O14P2S2/c1-19(2)35(49)45-38-43-26-28(37(51)46-38)48-66-33(26)31-30-29(54-4)24(60-31)17-58-63(52,56-14-12-40-3)61-21-15-22(59-23(21)16-57-64(53,62-30)55-13-8-11-39)32-25-27(47-65-32)34(42-18-41-25)44-36(50)20-9-6-5-7-10-20/h5-7,9-10,18-19,21-24,29-31H,8,12-17H2,1-2,4H3,(H,41,42,44,50)(H2,43,45,46,49,51)/t21-,22+,23+,24+,29+,30+,31+,63?,64?/m0/s1. The molecule has 8 rings (SSSR count). The van der Waals surface area contributed by atoms with Crippen LogP contribution in [0.15, 0.2) is 41.5 Å². The molecule has 7 heterocycles. The highest BCUT2D eigenvalue weighted by Crippen LogP contribution is 2.59. The number of nitrogens with zero attached hydrogens (tertiary/aromatic N) is 7. The molecule has 3 aliphatic heterocycles. The number of benzene rings is 1. The fourth-order valence-electron chi connectivity index (χ4n) is 7.08. The predicted octanol–water partition coefficient (Wildman–Crippen LogP) is 5.51. The van der Waals surface area contributed by atoms with Gasteiger partial charge in [0.25, 0.3) is 11.5 Å². The molecule has 2 bridgehead atoms. The lowest BCUT2D eigenvalue weighted by atomic mass is 10.1. The van der Waals surface area contributed by atoms with Crippen molar-refractivity contribution in [2.45, 2.75) is 69.4 Å². The van der Waals surface area contributed by atoms with Crippen LogP contribution in [0.2, 0.25) is 0 Å². The summed E-state index contributed by atoms with van der Waals surface area (Å²) < 4.78 is 92.7. The van der Waals surface area contributed by atoms with Gasteiger partial charge in [-0.2, -0.15) is 14.0 Å². The van der Waals surface area contributed by atoms with Crippen LogP contribution in [0.3, 0.4) is 0 Å². The number of amides is 2. The van der Waals surface area contributed by atoms with Crippen LogP contribution < -0.4 is 16.2 Å². The van der Waals surface area contributed by atoms with Crippen molar-refractivity contribution in [1.29, 1.82) is 5.26 Å². The minimum atomic E-state index is -4.77. The quantitative estimate of drug-likeness (QED) is 0.0744. The average Bonchev–Trinajstić information content (AvgIpc) is 4.10. The Labute approximate surface area is 383 Å². The molecule has 0 spiro atoms. The molecule has 3 fully saturated rings. The summed E-state index contributed by atoms with van der Waals surface area (Å²) in [4.78, 5) is 58.3. The number of nitrogens with one attached hydrogen (secondary N) is 3. The zero-order chi connectivity index (χ0) is 46.6. The Balaban J connectivity index is 1.13. The zero-order valence-corrected chi connectivity index (χ0v) is 38.5. The van der Waals surface area contributed by atoms with E-state index < -0.39 is 101 Å². The van der Waals surface area contributed by atoms with Crippen LogP contribution in [0, 0.1) is 23.8 Å². The Hall–Kier alpha value is -5.02. The van der Waals surface area contributed by atoms with Gasteiger partial charge >= 0.3 is 15.6 Å². The van der Waals surface area contributed by atoms with E-state index in [1.807, 2.05) is 6.07 Å². The van der Waals surface area contributed by atoms with Gasteiger partial charge < -0.3 is 24.4 Å². The van der Waals surface area contributed by atoms with Crippen molar-refractivity contribution in [1.82, 2.24) is 28.7 Å². The number of aromatic nitrogens is 6. The highest BCUT2D eigenvalue weighted by molar-refractivity contribution is 7.48. The first-order valence-electron chi connectivity index (χ1n) is 20.2. The van der Waals surface area contributed by atoms with E-state index in [9.17, 15) is 28.8 Å². The maximum atomic E-state index is 14.8. The summed E-state index contributed by atoms with van der Waals surface area (Å²) in [6.45, 7) is 8.49. The van der Waals surface area contributed by atoms with Crippen molar-refractivity contribution in [3.05, 3.63) is 73.7 Å². The second-order valence-corrected chi connectivity index (χ2v) is 19.8. The fourth-order valence-corrected chi connectivity index (χ4v) is 11.6. The molecule has 24 nitrogen and oxygen atoms in total. The Bertz CT molecular complexity index is 2840. The fraction of sp³-hybridized carbons (Fsp3) is 0.474. The van der Waals surface area contributed by atoms with Crippen molar-refractivity contribution in [2.24, 2.45) is 5.92 Å². The first-order chi connectivity index (χ1) is 31.8. The summed E-state index contributed by atoms with van der Waals surface area (Å²) in [6, 6.07) is 10.4. The third-order valence-corrected chi connectivity index (χ3v) is 15.0. The Morgan fingerprint density at radius 1 is 0.955 bits per heavy atom. The zero-order valence-electron chi connectivity index (χ0n) is 35.1. The molecule has 3 N–H and O–H groups in total. The van der Waals surface area contributed by atoms with Gasteiger partial charge in [0.1, 0.15) is 66.1 Å². The van der Waals surface area contributed by atoms with Gasteiger partial charge in [-0.25, -0.2) is 30.7 Å². The van der Waals surface area contributed by atoms with E-state index in [0.29, 0.717) is 16.0 Å². The minimum absolute atomic E-state index is 0.0105. The van der Waals surface area contributed by atoms with Crippen molar-refractivity contribution < 1.29 is 60.1 Å². The van der Waals surface area contributed by atoms with E-state index in [1.54, 1.807) is 44.2 Å². The molecule has 9 atom stereocenters. The maximum absolute atomic E-state index is 14.8. The molecule has 5 aromatic rings.